The highest BCUT2D eigenvalue weighted by Crippen LogP contribution is 2.11. The van der Waals surface area contributed by atoms with Crippen molar-refractivity contribution in [3.63, 3.8) is 0 Å². The minimum Gasteiger partial charge on any atom is -0.480 e. The number of rotatable bonds is 8. The summed E-state index contributed by atoms with van der Waals surface area (Å²) in [6.07, 6.45) is -1.11. The van der Waals surface area contributed by atoms with Gasteiger partial charge in [0, 0.05) is 6.92 Å². The number of hydrogen-bond acceptors (Lipinski definition) is 7. The Morgan fingerprint density at radius 1 is 0.786 bits per heavy atom. The molecule has 0 saturated heterocycles. The molecule has 0 aliphatic heterocycles. The van der Waals surface area contributed by atoms with Gasteiger partial charge >= 0.3 is 17.9 Å². The van der Waals surface area contributed by atoms with E-state index in [1.165, 1.54) is 0 Å². The number of carboxylic acids is 1. The minimum atomic E-state index is -1.59. The van der Waals surface area contributed by atoms with Crippen LogP contribution in [0.3, 0.4) is 0 Å². The molecule has 0 aliphatic rings. The summed E-state index contributed by atoms with van der Waals surface area (Å²) in [7, 11) is 0. The second-order valence-electron chi connectivity index (χ2n) is 8.23. The van der Waals surface area contributed by atoms with Crippen LogP contribution >= 0.6 is 0 Å². The van der Waals surface area contributed by atoms with Crippen LogP contribution in [0.25, 0.3) is 0 Å². The molecule has 10 nitrogen and oxygen atoms in total. The maximum atomic E-state index is 12.4. The summed E-state index contributed by atoms with van der Waals surface area (Å²) in [5.41, 5.74) is -1.62. The van der Waals surface area contributed by atoms with Gasteiger partial charge in [0.15, 0.2) is 0 Å². The van der Waals surface area contributed by atoms with E-state index in [2.05, 4.69) is 10.6 Å². The topological polar surface area (TPSA) is 148 Å². The molecule has 3 N–H and O–H groups in total. The van der Waals surface area contributed by atoms with Crippen LogP contribution in [-0.2, 0) is 33.4 Å². The number of hydrogen-bond donors (Lipinski definition) is 3. The molecule has 2 amide bonds. The lowest BCUT2D eigenvalue weighted by Gasteiger charge is -2.24. The Kier molecular flexibility index (Phi) is 9.10. The average Bonchev–Trinajstić information content (AvgIpc) is 2.40. The first kappa shape index (κ1) is 25.4. The zero-order valence-electron chi connectivity index (χ0n) is 17.4. The third kappa shape index (κ3) is 11.9. The van der Waals surface area contributed by atoms with Crippen molar-refractivity contribution in [1.29, 1.82) is 0 Å². The van der Waals surface area contributed by atoms with Crippen LogP contribution < -0.4 is 10.6 Å². The van der Waals surface area contributed by atoms with Crippen LogP contribution in [-0.4, -0.2) is 58.1 Å². The van der Waals surface area contributed by atoms with Gasteiger partial charge in [-0.1, -0.05) is 0 Å². The molecular formula is C18H30N2O8. The number of aliphatic carboxylic acids is 1. The second-order valence-corrected chi connectivity index (χ2v) is 8.23. The number of ether oxygens (including phenoxy) is 2. The Morgan fingerprint density at radius 2 is 1.18 bits per heavy atom. The Labute approximate surface area is 164 Å². The fraction of sp³-hybridized carbons (Fsp3) is 0.722. The number of carboxylic acid groups (broad SMARTS) is 1. The normalized spacial score (nSPS) is 13.7. The van der Waals surface area contributed by atoms with Crippen molar-refractivity contribution in [3.8, 4) is 0 Å². The van der Waals surface area contributed by atoms with Gasteiger partial charge in [-0.15, -0.1) is 0 Å². The molecule has 2 atom stereocenters. The summed E-state index contributed by atoms with van der Waals surface area (Å²) in [6.45, 7) is 10.9. The van der Waals surface area contributed by atoms with Crippen molar-refractivity contribution in [2.45, 2.75) is 84.6 Å². The van der Waals surface area contributed by atoms with Gasteiger partial charge in [0.05, 0.1) is 12.8 Å². The van der Waals surface area contributed by atoms with E-state index in [9.17, 15) is 29.1 Å². The fourth-order valence-electron chi connectivity index (χ4n) is 2.03. The molecule has 10 heteroatoms. The first-order chi connectivity index (χ1) is 12.5. The minimum absolute atomic E-state index is 0.499. The van der Waals surface area contributed by atoms with Crippen LogP contribution in [0.4, 0.5) is 0 Å². The highest BCUT2D eigenvalue weighted by atomic mass is 16.6. The molecular weight excluding hydrogens is 372 g/mol. The van der Waals surface area contributed by atoms with Crippen molar-refractivity contribution < 1.29 is 38.6 Å². The third-order valence-electron chi connectivity index (χ3n) is 2.89. The lowest BCUT2D eigenvalue weighted by atomic mass is 10.1. The molecule has 0 bridgehead atoms. The smallest absolute Gasteiger partial charge is 0.326 e. The Bertz CT molecular complexity index is 616. The highest BCUT2D eigenvalue weighted by molar-refractivity contribution is 5.93. The maximum Gasteiger partial charge on any atom is 0.326 e. The van der Waals surface area contributed by atoms with Crippen LogP contribution in [0.5, 0.6) is 0 Å². The average molecular weight is 402 g/mol. The van der Waals surface area contributed by atoms with E-state index >= 15 is 0 Å². The van der Waals surface area contributed by atoms with Gasteiger partial charge in [0.25, 0.3) is 0 Å². The van der Waals surface area contributed by atoms with Crippen LogP contribution in [0, 0.1) is 0 Å². The predicted octanol–water partition coefficient (Wildman–Crippen LogP) is 0.524. The molecule has 0 radical (unpaired) electrons. The zero-order chi connectivity index (χ0) is 22.3. The van der Waals surface area contributed by atoms with E-state index in [0.717, 1.165) is 6.92 Å². The Hall–Kier alpha value is -2.65. The molecule has 0 rings (SSSR count). The van der Waals surface area contributed by atoms with Gasteiger partial charge in [-0.05, 0) is 41.5 Å². The van der Waals surface area contributed by atoms with Gasteiger partial charge in [0.2, 0.25) is 11.8 Å². The summed E-state index contributed by atoms with van der Waals surface area (Å²) >= 11 is 0. The summed E-state index contributed by atoms with van der Waals surface area (Å²) < 4.78 is 10.2. The second kappa shape index (κ2) is 10.0. The third-order valence-corrected chi connectivity index (χ3v) is 2.89. The number of amides is 2. The molecule has 0 aromatic carbocycles. The van der Waals surface area contributed by atoms with E-state index in [1.54, 1.807) is 41.5 Å². The van der Waals surface area contributed by atoms with Crippen LogP contribution in [0.1, 0.15) is 61.3 Å². The lowest BCUT2D eigenvalue weighted by Crippen LogP contribution is -2.53. The molecule has 0 fully saturated rings. The monoisotopic (exact) mass is 402 g/mol. The molecule has 0 aromatic rings. The van der Waals surface area contributed by atoms with Crippen molar-refractivity contribution in [1.82, 2.24) is 10.6 Å². The van der Waals surface area contributed by atoms with E-state index < -0.39 is 65.8 Å². The zero-order valence-corrected chi connectivity index (χ0v) is 17.4. The van der Waals surface area contributed by atoms with Gasteiger partial charge in [-0.25, -0.2) is 4.79 Å². The molecule has 160 valence electrons. The Morgan fingerprint density at radius 3 is 1.50 bits per heavy atom. The van der Waals surface area contributed by atoms with Gasteiger partial charge < -0.3 is 25.2 Å². The predicted molar refractivity (Wildman–Crippen MR) is 98.1 cm³/mol. The SMILES string of the molecule is CC(=O)N[C@@H](CC(=O)OC(C)(C)C)C(=O)N[C@@H](CC(=O)OC(C)(C)C)C(=O)O. The van der Waals surface area contributed by atoms with E-state index in [4.69, 9.17) is 9.47 Å². The molecule has 28 heavy (non-hydrogen) atoms. The van der Waals surface area contributed by atoms with Gasteiger partial charge in [-0.2, -0.15) is 0 Å². The first-order valence-corrected chi connectivity index (χ1v) is 8.74. The molecule has 0 aliphatic carbocycles. The number of carbonyl (C=O) groups excluding carboxylic acids is 4. The summed E-state index contributed by atoms with van der Waals surface area (Å²) in [5.74, 6) is -4.55. The number of esters is 2. The highest BCUT2D eigenvalue weighted by Gasteiger charge is 2.31. The fourth-order valence-corrected chi connectivity index (χ4v) is 2.03. The van der Waals surface area contributed by atoms with Gasteiger partial charge in [0.1, 0.15) is 23.3 Å². The van der Waals surface area contributed by atoms with E-state index in [1.807, 2.05) is 0 Å². The van der Waals surface area contributed by atoms with E-state index in [-0.39, 0.29) is 0 Å². The summed E-state index contributed by atoms with van der Waals surface area (Å²) in [4.78, 5) is 59.0. The first-order valence-electron chi connectivity index (χ1n) is 8.74. The molecule has 0 aromatic heterocycles. The molecule has 0 saturated carbocycles. The van der Waals surface area contributed by atoms with Crippen molar-refractivity contribution >= 4 is 29.7 Å². The van der Waals surface area contributed by atoms with E-state index in [0.29, 0.717) is 0 Å². The number of nitrogens with one attached hydrogen (secondary N) is 2. The molecule has 0 unspecified atom stereocenters. The summed E-state index contributed by atoms with van der Waals surface area (Å²) in [6, 6.07) is -2.94. The number of carbonyl (C=O) groups is 5. The van der Waals surface area contributed by atoms with Crippen LogP contribution in [0.2, 0.25) is 0 Å². The Balaban J connectivity index is 5.17. The quantitative estimate of drug-likeness (QED) is 0.498. The molecule has 0 spiro atoms. The van der Waals surface area contributed by atoms with Crippen molar-refractivity contribution in [2.24, 2.45) is 0 Å². The largest absolute Gasteiger partial charge is 0.480 e. The van der Waals surface area contributed by atoms with Crippen LogP contribution in [0.15, 0.2) is 0 Å². The lowest BCUT2D eigenvalue weighted by molar-refractivity contribution is -0.159. The standard InChI is InChI=1S/C18H30N2O8/c1-10(21)19-11(8-13(22)27-17(2,3)4)15(24)20-12(16(25)26)9-14(23)28-18(5,6)7/h11-12H,8-9H2,1-7H3,(H,19,21)(H,20,24)(H,25,26)/t11-,12-/m0/s1. The maximum absolute atomic E-state index is 12.4. The summed E-state index contributed by atoms with van der Waals surface area (Å²) in [5, 5.41) is 13.7. The van der Waals surface area contributed by atoms with Gasteiger partial charge in [-0.3, -0.25) is 19.2 Å². The van der Waals surface area contributed by atoms with Crippen molar-refractivity contribution in [2.75, 3.05) is 0 Å². The molecule has 0 heterocycles. The van der Waals surface area contributed by atoms with Crippen molar-refractivity contribution in [3.05, 3.63) is 0 Å².